The van der Waals surface area contributed by atoms with Gasteiger partial charge >= 0.3 is 5.82 Å². The average Bonchev–Trinajstić information content (AvgIpc) is 3.21. The first-order chi connectivity index (χ1) is 12.0. The SMILES string of the molecule is COc1ccc(NC(=O)C2CCCN2c2c([N+](=O)[O-])ncn2C)cc1. The Balaban J connectivity index is 1.80. The van der Waals surface area contributed by atoms with E-state index in [1.807, 2.05) is 0 Å². The fourth-order valence-electron chi connectivity index (χ4n) is 3.06. The van der Waals surface area contributed by atoms with E-state index in [1.54, 1.807) is 47.9 Å². The number of carbonyl (C=O) groups is 1. The summed E-state index contributed by atoms with van der Waals surface area (Å²) in [6.45, 7) is 0.571. The van der Waals surface area contributed by atoms with Crippen LogP contribution in [0.5, 0.6) is 5.75 Å². The lowest BCUT2D eigenvalue weighted by atomic mass is 10.2. The number of nitro groups is 1. The molecule has 9 nitrogen and oxygen atoms in total. The summed E-state index contributed by atoms with van der Waals surface area (Å²) in [5.41, 5.74) is 0.650. The quantitative estimate of drug-likeness (QED) is 0.656. The van der Waals surface area contributed by atoms with Gasteiger partial charge in [-0.15, -0.1) is 0 Å². The highest BCUT2D eigenvalue weighted by Gasteiger charge is 2.37. The van der Waals surface area contributed by atoms with E-state index in [-0.39, 0.29) is 11.7 Å². The van der Waals surface area contributed by atoms with Gasteiger partial charge in [0.25, 0.3) is 0 Å². The molecule has 2 heterocycles. The minimum atomic E-state index is -0.522. The predicted molar refractivity (Wildman–Crippen MR) is 91.9 cm³/mol. The zero-order chi connectivity index (χ0) is 18.0. The van der Waals surface area contributed by atoms with E-state index < -0.39 is 11.0 Å². The lowest BCUT2D eigenvalue weighted by molar-refractivity contribution is -0.388. The average molecular weight is 345 g/mol. The van der Waals surface area contributed by atoms with Crippen molar-refractivity contribution in [3.05, 3.63) is 40.7 Å². The second-order valence-electron chi connectivity index (χ2n) is 5.83. The van der Waals surface area contributed by atoms with Crippen molar-refractivity contribution in [2.75, 3.05) is 23.9 Å². The summed E-state index contributed by atoms with van der Waals surface area (Å²) in [6, 6.07) is 6.55. The zero-order valence-electron chi connectivity index (χ0n) is 14.0. The van der Waals surface area contributed by atoms with Crippen molar-refractivity contribution in [1.29, 1.82) is 0 Å². The molecule has 1 atom stereocenters. The molecule has 1 fully saturated rings. The van der Waals surface area contributed by atoms with E-state index in [9.17, 15) is 14.9 Å². The Bertz CT molecular complexity index is 786. The number of carbonyl (C=O) groups excluding carboxylic acids is 1. The minimum Gasteiger partial charge on any atom is -0.497 e. The number of amides is 1. The Hall–Kier alpha value is -3.10. The van der Waals surface area contributed by atoms with E-state index in [1.165, 1.54) is 6.33 Å². The number of methoxy groups -OCH3 is 1. The molecule has 1 aliphatic rings. The van der Waals surface area contributed by atoms with Crippen molar-refractivity contribution >= 4 is 23.2 Å². The first-order valence-electron chi connectivity index (χ1n) is 7.88. The van der Waals surface area contributed by atoms with Gasteiger partial charge in [0.15, 0.2) is 0 Å². The second-order valence-corrected chi connectivity index (χ2v) is 5.83. The Morgan fingerprint density at radius 2 is 2.12 bits per heavy atom. The van der Waals surface area contributed by atoms with Crippen LogP contribution in [0.2, 0.25) is 0 Å². The van der Waals surface area contributed by atoms with Crippen LogP contribution in [0.1, 0.15) is 12.8 Å². The molecule has 3 rings (SSSR count). The predicted octanol–water partition coefficient (Wildman–Crippen LogP) is 1.94. The Labute approximate surface area is 144 Å². The Morgan fingerprint density at radius 1 is 1.40 bits per heavy atom. The van der Waals surface area contributed by atoms with Gasteiger partial charge in [0, 0.05) is 19.3 Å². The molecule has 1 aromatic carbocycles. The molecule has 1 amide bonds. The number of aryl methyl sites for hydroxylation is 1. The van der Waals surface area contributed by atoms with Gasteiger partial charge in [-0.05, 0) is 47.0 Å². The highest BCUT2D eigenvalue weighted by molar-refractivity contribution is 5.97. The number of anilines is 2. The molecular formula is C16H19N5O4. The third-order valence-electron chi connectivity index (χ3n) is 4.25. The Morgan fingerprint density at radius 3 is 2.76 bits per heavy atom. The lowest BCUT2D eigenvalue weighted by Gasteiger charge is -2.25. The van der Waals surface area contributed by atoms with Crippen LogP contribution in [-0.2, 0) is 11.8 Å². The first-order valence-corrected chi connectivity index (χ1v) is 7.88. The number of benzene rings is 1. The van der Waals surface area contributed by atoms with Gasteiger partial charge in [-0.3, -0.25) is 9.36 Å². The molecule has 0 radical (unpaired) electrons. The molecular weight excluding hydrogens is 326 g/mol. The van der Waals surface area contributed by atoms with Crippen molar-refractivity contribution < 1.29 is 14.5 Å². The summed E-state index contributed by atoms with van der Waals surface area (Å²) in [5, 5.41) is 14.1. The third-order valence-corrected chi connectivity index (χ3v) is 4.25. The fraction of sp³-hybridized carbons (Fsp3) is 0.375. The van der Waals surface area contributed by atoms with Crippen molar-refractivity contribution in [3.63, 3.8) is 0 Å². The van der Waals surface area contributed by atoms with Gasteiger partial charge in [0.05, 0.1) is 7.11 Å². The van der Waals surface area contributed by atoms with Crippen molar-refractivity contribution in [2.24, 2.45) is 7.05 Å². The number of hydrogen-bond acceptors (Lipinski definition) is 6. The second kappa shape index (κ2) is 6.80. The zero-order valence-corrected chi connectivity index (χ0v) is 14.0. The molecule has 2 aromatic rings. The number of aromatic nitrogens is 2. The molecule has 0 bridgehead atoms. The van der Waals surface area contributed by atoms with Crippen LogP contribution in [0, 0.1) is 10.1 Å². The van der Waals surface area contributed by atoms with Gasteiger partial charge in [-0.2, -0.15) is 0 Å². The highest BCUT2D eigenvalue weighted by atomic mass is 16.6. The first kappa shape index (κ1) is 16.7. The van der Waals surface area contributed by atoms with Crippen LogP contribution in [0.15, 0.2) is 30.6 Å². The van der Waals surface area contributed by atoms with E-state index in [0.29, 0.717) is 30.2 Å². The van der Waals surface area contributed by atoms with Crippen LogP contribution < -0.4 is 15.0 Å². The molecule has 0 saturated carbocycles. The van der Waals surface area contributed by atoms with Gasteiger partial charge in [-0.1, -0.05) is 0 Å². The molecule has 1 saturated heterocycles. The minimum absolute atomic E-state index is 0.196. The number of rotatable bonds is 5. The third kappa shape index (κ3) is 3.25. The molecule has 9 heteroatoms. The summed E-state index contributed by atoms with van der Waals surface area (Å²) in [6.07, 6.45) is 2.80. The number of ether oxygens (including phenoxy) is 1. The lowest BCUT2D eigenvalue weighted by Crippen LogP contribution is -2.40. The van der Waals surface area contributed by atoms with Crippen LogP contribution in [0.4, 0.5) is 17.3 Å². The van der Waals surface area contributed by atoms with Crippen LogP contribution in [0.3, 0.4) is 0 Å². The van der Waals surface area contributed by atoms with Crippen molar-refractivity contribution in [3.8, 4) is 5.75 Å². The summed E-state index contributed by atoms with van der Waals surface area (Å²) >= 11 is 0. The van der Waals surface area contributed by atoms with E-state index in [0.717, 1.165) is 6.42 Å². The van der Waals surface area contributed by atoms with Gasteiger partial charge < -0.3 is 25.1 Å². The fourth-order valence-corrected chi connectivity index (χ4v) is 3.06. The largest absolute Gasteiger partial charge is 0.497 e. The van der Waals surface area contributed by atoms with Crippen molar-refractivity contribution in [1.82, 2.24) is 9.55 Å². The number of nitrogens with one attached hydrogen (secondary N) is 1. The maximum atomic E-state index is 12.7. The van der Waals surface area contributed by atoms with Gasteiger partial charge in [0.2, 0.25) is 18.1 Å². The maximum absolute atomic E-state index is 12.7. The molecule has 1 N–H and O–H groups in total. The van der Waals surface area contributed by atoms with Crippen LogP contribution in [-0.4, -0.2) is 40.1 Å². The van der Waals surface area contributed by atoms with E-state index >= 15 is 0 Å². The van der Waals surface area contributed by atoms with Gasteiger partial charge in [0.1, 0.15) is 11.8 Å². The highest BCUT2D eigenvalue weighted by Crippen LogP contribution is 2.32. The molecule has 1 aliphatic heterocycles. The number of imidazole rings is 1. The molecule has 25 heavy (non-hydrogen) atoms. The van der Waals surface area contributed by atoms with Crippen LogP contribution >= 0.6 is 0 Å². The summed E-state index contributed by atoms with van der Waals surface area (Å²) in [7, 11) is 3.26. The smallest absolute Gasteiger partial charge is 0.406 e. The summed E-state index contributed by atoms with van der Waals surface area (Å²) in [5.74, 6) is 0.633. The normalized spacial score (nSPS) is 16.7. The number of nitrogens with zero attached hydrogens (tertiary/aromatic N) is 4. The number of hydrogen-bond donors (Lipinski definition) is 1. The summed E-state index contributed by atoms with van der Waals surface area (Å²) in [4.78, 5) is 29.0. The molecule has 1 unspecified atom stereocenters. The molecule has 0 spiro atoms. The topological polar surface area (TPSA) is 103 Å². The standard InChI is InChI=1S/C16H19N5O4/c1-19-10-17-14(21(23)24)16(19)20-9-3-4-13(20)15(22)18-11-5-7-12(25-2)8-6-11/h5-8,10,13H,3-4,9H2,1-2H3,(H,18,22). The molecule has 0 aliphatic carbocycles. The monoisotopic (exact) mass is 345 g/mol. The van der Waals surface area contributed by atoms with Crippen molar-refractivity contribution in [2.45, 2.75) is 18.9 Å². The van der Waals surface area contributed by atoms with Crippen LogP contribution in [0.25, 0.3) is 0 Å². The molecule has 1 aromatic heterocycles. The maximum Gasteiger partial charge on any atom is 0.406 e. The van der Waals surface area contributed by atoms with E-state index in [4.69, 9.17) is 4.74 Å². The Kier molecular flexibility index (Phi) is 4.55. The van der Waals surface area contributed by atoms with Gasteiger partial charge in [-0.25, -0.2) is 0 Å². The van der Waals surface area contributed by atoms with E-state index in [2.05, 4.69) is 10.3 Å². The summed E-state index contributed by atoms with van der Waals surface area (Å²) < 4.78 is 6.67. The molecule has 132 valence electrons.